The molecule has 0 aliphatic heterocycles. The molecule has 0 atom stereocenters. The summed E-state index contributed by atoms with van der Waals surface area (Å²) in [5.41, 5.74) is 4.23. The highest BCUT2D eigenvalue weighted by molar-refractivity contribution is 9.10. The SMILES string of the molecule is Cc1ccc(-c2c(CO)ccc(Br)c2C#N)cc1. The van der Waals surface area contributed by atoms with Crippen molar-refractivity contribution in [1.82, 2.24) is 0 Å². The van der Waals surface area contributed by atoms with Crippen molar-refractivity contribution in [2.24, 2.45) is 0 Å². The summed E-state index contributed by atoms with van der Waals surface area (Å²) in [5.74, 6) is 0. The third kappa shape index (κ3) is 2.31. The van der Waals surface area contributed by atoms with Crippen LogP contribution in [0.5, 0.6) is 0 Å². The van der Waals surface area contributed by atoms with E-state index >= 15 is 0 Å². The summed E-state index contributed by atoms with van der Waals surface area (Å²) in [6.45, 7) is 1.94. The fraction of sp³-hybridized carbons (Fsp3) is 0.133. The standard InChI is InChI=1S/C15H12BrNO/c1-10-2-4-11(5-3-10)15-12(9-18)6-7-14(16)13(15)8-17/h2-7,18H,9H2,1H3. The van der Waals surface area contributed by atoms with Crippen LogP contribution in [0.25, 0.3) is 11.1 Å². The Labute approximate surface area is 115 Å². The molecule has 18 heavy (non-hydrogen) atoms. The normalized spacial score (nSPS) is 10.1. The molecule has 0 spiro atoms. The van der Waals surface area contributed by atoms with E-state index in [9.17, 15) is 10.4 Å². The molecule has 2 aromatic rings. The van der Waals surface area contributed by atoms with E-state index in [1.165, 1.54) is 0 Å². The number of aliphatic hydroxyl groups excluding tert-OH is 1. The molecule has 0 saturated heterocycles. The van der Waals surface area contributed by atoms with Crippen molar-refractivity contribution < 1.29 is 5.11 Å². The van der Waals surface area contributed by atoms with E-state index in [1.807, 2.05) is 37.3 Å². The number of aryl methyl sites for hydroxylation is 1. The van der Waals surface area contributed by atoms with Crippen LogP contribution in [0.1, 0.15) is 16.7 Å². The van der Waals surface area contributed by atoms with Crippen LogP contribution in [-0.2, 0) is 6.61 Å². The third-order valence-electron chi connectivity index (χ3n) is 2.86. The van der Waals surface area contributed by atoms with E-state index in [0.29, 0.717) is 5.56 Å². The molecule has 2 aromatic carbocycles. The first-order valence-corrected chi connectivity index (χ1v) is 6.36. The van der Waals surface area contributed by atoms with Gasteiger partial charge in [-0.05, 0) is 40.0 Å². The summed E-state index contributed by atoms with van der Waals surface area (Å²) < 4.78 is 0.748. The lowest BCUT2D eigenvalue weighted by Gasteiger charge is -2.11. The van der Waals surface area contributed by atoms with Crippen LogP contribution < -0.4 is 0 Å². The Kier molecular flexibility index (Phi) is 3.81. The number of halogens is 1. The van der Waals surface area contributed by atoms with Crippen molar-refractivity contribution in [1.29, 1.82) is 5.26 Å². The summed E-state index contributed by atoms with van der Waals surface area (Å²) in [4.78, 5) is 0. The number of hydrogen-bond donors (Lipinski definition) is 1. The van der Waals surface area contributed by atoms with Gasteiger partial charge < -0.3 is 5.11 Å². The summed E-state index contributed by atoms with van der Waals surface area (Å²) >= 11 is 3.38. The first-order valence-electron chi connectivity index (χ1n) is 5.56. The Hall–Kier alpha value is -1.63. The Balaban J connectivity index is 2.72. The van der Waals surface area contributed by atoms with Crippen LogP contribution in [0.15, 0.2) is 40.9 Å². The van der Waals surface area contributed by atoms with Crippen LogP contribution >= 0.6 is 15.9 Å². The van der Waals surface area contributed by atoms with Crippen LogP contribution in [0, 0.1) is 18.3 Å². The predicted molar refractivity (Wildman–Crippen MR) is 75.0 cm³/mol. The van der Waals surface area contributed by atoms with Crippen molar-refractivity contribution in [2.45, 2.75) is 13.5 Å². The molecule has 1 N–H and O–H groups in total. The van der Waals surface area contributed by atoms with E-state index in [1.54, 1.807) is 6.07 Å². The molecular formula is C15H12BrNO. The molecular weight excluding hydrogens is 290 g/mol. The number of benzene rings is 2. The summed E-state index contributed by atoms with van der Waals surface area (Å²) in [7, 11) is 0. The second kappa shape index (κ2) is 5.34. The number of nitriles is 1. The van der Waals surface area contributed by atoms with Crippen LogP contribution in [-0.4, -0.2) is 5.11 Å². The monoisotopic (exact) mass is 301 g/mol. The van der Waals surface area contributed by atoms with Gasteiger partial charge in [0, 0.05) is 10.0 Å². The molecule has 0 aliphatic carbocycles. The minimum atomic E-state index is -0.0782. The minimum Gasteiger partial charge on any atom is -0.392 e. The largest absolute Gasteiger partial charge is 0.392 e. The fourth-order valence-corrected chi connectivity index (χ4v) is 2.33. The average molecular weight is 302 g/mol. The quantitative estimate of drug-likeness (QED) is 0.917. The van der Waals surface area contributed by atoms with Crippen LogP contribution in [0.4, 0.5) is 0 Å². The highest BCUT2D eigenvalue weighted by Gasteiger charge is 2.13. The molecule has 90 valence electrons. The molecule has 0 aliphatic rings. The zero-order valence-electron chi connectivity index (χ0n) is 9.94. The molecule has 0 unspecified atom stereocenters. The number of aliphatic hydroxyl groups is 1. The number of nitrogens with zero attached hydrogens (tertiary/aromatic N) is 1. The molecule has 0 bridgehead atoms. The third-order valence-corrected chi connectivity index (χ3v) is 3.52. The van der Waals surface area contributed by atoms with Crippen molar-refractivity contribution in [3.8, 4) is 17.2 Å². The Morgan fingerprint density at radius 2 is 1.83 bits per heavy atom. The van der Waals surface area contributed by atoms with Gasteiger partial charge in [0.2, 0.25) is 0 Å². The molecule has 3 heteroatoms. The molecule has 0 fully saturated rings. The second-order valence-electron chi connectivity index (χ2n) is 4.09. The highest BCUT2D eigenvalue weighted by atomic mass is 79.9. The molecule has 0 radical (unpaired) electrons. The lowest BCUT2D eigenvalue weighted by atomic mass is 9.94. The molecule has 2 nitrogen and oxygen atoms in total. The predicted octanol–water partition coefficient (Wildman–Crippen LogP) is 3.79. The molecule has 2 rings (SSSR count). The second-order valence-corrected chi connectivity index (χ2v) is 4.95. The summed E-state index contributed by atoms with van der Waals surface area (Å²) in [6.07, 6.45) is 0. The lowest BCUT2D eigenvalue weighted by molar-refractivity contribution is 0.282. The highest BCUT2D eigenvalue weighted by Crippen LogP contribution is 2.32. The topological polar surface area (TPSA) is 44.0 Å². The van der Waals surface area contributed by atoms with Gasteiger partial charge in [0.1, 0.15) is 6.07 Å². The van der Waals surface area contributed by atoms with Gasteiger partial charge in [-0.1, -0.05) is 35.9 Å². The maximum Gasteiger partial charge on any atom is 0.101 e. The minimum absolute atomic E-state index is 0.0782. The molecule has 0 aromatic heterocycles. The smallest absolute Gasteiger partial charge is 0.101 e. The first-order chi connectivity index (χ1) is 8.67. The van der Waals surface area contributed by atoms with Crippen molar-refractivity contribution in [2.75, 3.05) is 0 Å². The average Bonchev–Trinajstić information content (AvgIpc) is 2.39. The van der Waals surface area contributed by atoms with Crippen molar-refractivity contribution >= 4 is 15.9 Å². The van der Waals surface area contributed by atoms with Gasteiger partial charge >= 0.3 is 0 Å². The Morgan fingerprint density at radius 1 is 1.17 bits per heavy atom. The maximum absolute atomic E-state index is 9.42. The zero-order chi connectivity index (χ0) is 13.1. The van der Waals surface area contributed by atoms with Crippen molar-refractivity contribution in [3.05, 3.63) is 57.6 Å². The van der Waals surface area contributed by atoms with Gasteiger partial charge in [0.15, 0.2) is 0 Å². The van der Waals surface area contributed by atoms with Crippen LogP contribution in [0.2, 0.25) is 0 Å². The van der Waals surface area contributed by atoms with E-state index in [0.717, 1.165) is 26.7 Å². The van der Waals surface area contributed by atoms with E-state index < -0.39 is 0 Å². The molecule has 0 saturated carbocycles. The van der Waals surface area contributed by atoms with E-state index in [-0.39, 0.29) is 6.61 Å². The summed E-state index contributed by atoms with van der Waals surface area (Å²) in [6, 6.07) is 13.8. The Bertz CT molecular complexity index is 612. The molecule has 0 heterocycles. The van der Waals surface area contributed by atoms with Gasteiger partial charge in [-0.3, -0.25) is 0 Å². The van der Waals surface area contributed by atoms with Gasteiger partial charge in [0.05, 0.1) is 12.2 Å². The van der Waals surface area contributed by atoms with Crippen LogP contribution in [0.3, 0.4) is 0 Å². The van der Waals surface area contributed by atoms with Crippen molar-refractivity contribution in [3.63, 3.8) is 0 Å². The fourth-order valence-electron chi connectivity index (χ4n) is 1.91. The summed E-state index contributed by atoms with van der Waals surface area (Å²) in [5, 5.41) is 18.7. The zero-order valence-corrected chi connectivity index (χ0v) is 11.5. The lowest BCUT2D eigenvalue weighted by Crippen LogP contribution is -1.94. The number of hydrogen-bond acceptors (Lipinski definition) is 2. The molecule has 0 amide bonds. The van der Waals surface area contributed by atoms with Gasteiger partial charge in [-0.25, -0.2) is 0 Å². The van der Waals surface area contributed by atoms with E-state index in [2.05, 4.69) is 22.0 Å². The first kappa shape index (κ1) is 12.8. The number of rotatable bonds is 2. The van der Waals surface area contributed by atoms with E-state index in [4.69, 9.17) is 0 Å². The Morgan fingerprint density at radius 3 is 2.39 bits per heavy atom. The maximum atomic E-state index is 9.42. The van der Waals surface area contributed by atoms with Gasteiger partial charge in [-0.15, -0.1) is 0 Å². The van der Waals surface area contributed by atoms with Gasteiger partial charge in [0.25, 0.3) is 0 Å². The van der Waals surface area contributed by atoms with Gasteiger partial charge in [-0.2, -0.15) is 5.26 Å².